The fraction of sp³-hybridized carbons (Fsp3) is 0.321. The maximum absolute atomic E-state index is 6.45. The van der Waals surface area contributed by atoms with E-state index >= 15 is 0 Å². The zero-order chi connectivity index (χ0) is 23.0. The molecular weight excluding hydrogens is 394 g/mol. The summed E-state index contributed by atoms with van der Waals surface area (Å²) >= 11 is 0. The molecule has 0 saturated carbocycles. The number of aryl methyl sites for hydroxylation is 2. The van der Waals surface area contributed by atoms with E-state index in [0.29, 0.717) is 11.8 Å². The van der Waals surface area contributed by atoms with Gasteiger partial charge in [0, 0.05) is 24.4 Å². The molecule has 0 atom stereocenters. The standard InChI is InChI=1S/C28H34N3O/c1-19(2)22-13-10-14-23(20(3)4)27(22)31-18-26(32-25-16-9-8-12-21(25)5)30(7)28(31)24-15-11-17-29(24)6/h8-20H,1-7H3/q+1. The maximum atomic E-state index is 6.45. The molecule has 0 aliphatic carbocycles. The minimum absolute atomic E-state index is 0.401. The van der Waals surface area contributed by atoms with Gasteiger partial charge in [0.15, 0.2) is 6.20 Å². The van der Waals surface area contributed by atoms with Crippen LogP contribution in [-0.4, -0.2) is 9.13 Å². The van der Waals surface area contributed by atoms with Crippen molar-refractivity contribution in [1.82, 2.24) is 9.13 Å². The van der Waals surface area contributed by atoms with E-state index in [1.54, 1.807) is 0 Å². The van der Waals surface area contributed by atoms with Gasteiger partial charge < -0.3 is 9.30 Å². The van der Waals surface area contributed by atoms with Gasteiger partial charge >= 0.3 is 11.7 Å². The molecule has 166 valence electrons. The highest BCUT2D eigenvalue weighted by Crippen LogP contribution is 2.35. The number of ether oxygens (including phenoxy) is 1. The summed E-state index contributed by atoms with van der Waals surface area (Å²) in [5.41, 5.74) is 6.19. The molecule has 4 nitrogen and oxygen atoms in total. The monoisotopic (exact) mass is 428 g/mol. The van der Waals surface area contributed by atoms with Crippen LogP contribution in [0, 0.1) is 6.92 Å². The first kappa shape index (κ1) is 21.9. The van der Waals surface area contributed by atoms with Crippen molar-refractivity contribution < 1.29 is 9.30 Å². The Morgan fingerprint density at radius 3 is 2.06 bits per heavy atom. The van der Waals surface area contributed by atoms with E-state index in [-0.39, 0.29) is 0 Å². The summed E-state index contributed by atoms with van der Waals surface area (Å²) in [4.78, 5) is 0. The first-order valence-electron chi connectivity index (χ1n) is 11.4. The molecule has 0 saturated heterocycles. The highest BCUT2D eigenvalue weighted by Gasteiger charge is 2.31. The maximum Gasteiger partial charge on any atom is 0.330 e. The fourth-order valence-electron chi connectivity index (χ4n) is 4.35. The smallest absolute Gasteiger partial charge is 0.330 e. The minimum atomic E-state index is 0.401. The Bertz CT molecular complexity index is 1220. The van der Waals surface area contributed by atoms with E-state index < -0.39 is 0 Å². The Morgan fingerprint density at radius 2 is 1.50 bits per heavy atom. The van der Waals surface area contributed by atoms with Gasteiger partial charge in [0.2, 0.25) is 0 Å². The Balaban J connectivity index is 2.01. The van der Waals surface area contributed by atoms with Crippen molar-refractivity contribution >= 4 is 0 Å². The van der Waals surface area contributed by atoms with Gasteiger partial charge in [-0.3, -0.25) is 0 Å². The molecule has 2 aromatic heterocycles. The Labute approximate surface area is 191 Å². The van der Waals surface area contributed by atoms with Crippen molar-refractivity contribution in [3.63, 3.8) is 0 Å². The summed E-state index contributed by atoms with van der Waals surface area (Å²) in [6.07, 6.45) is 4.23. The first-order chi connectivity index (χ1) is 15.3. The third-order valence-electron chi connectivity index (χ3n) is 6.18. The van der Waals surface area contributed by atoms with Gasteiger partial charge in [0.05, 0.1) is 7.05 Å². The van der Waals surface area contributed by atoms with Gasteiger partial charge in [0.1, 0.15) is 17.1 Å². The lowest BCUT2D eigenvalue weighted by atomic mass is 9.92. The van der Waals surface area contributed by atoms with Gasteiger partial charge in [-0.1, -0.05) is 64.1 Å². The summed E-state index contributed by atoms with van der Waals surface area (Å²) in [7, 11) is 4.17. The van der Waals surface area contributed by atoms with Crippen LogP contribution in [-0.2, 0) is 14.1 Å². The van der Waals surface area contributed by atoms with Crippen LogP contribution in [0.2, 0.25) is 0 Å². The number of hydrogen-bond acceptors (Lipinski definition) is 1. The second-order valence-electron chi connectivity index (χ2n) is 9.19. The van der Waals surface area contributed by atoms with E-state index in [9.17, 15) is 0 Å². The van der Waals surface area contributed by atoms with E-state index in [2.05, 4.69) is 111 Å². The minimum Gasteiger partial charge on any atom is -0.420 e. The average molecular weight is 429 g/mol. The number of hydrogen-bond donors (Lipinski definition) is 0. The molecule has 0 aliphatic heterocycles. The second-order valence-corrected chi connectivity index (χ2v) is 9.19. The number of rotatable bonds is 6. The number of para-hydroxylation sites is 2. The highest BCUT2D eigenvalue weighted by atomic mass is 16.5. The lowest BCUT2D eigenvalue weighted by Crippen LogP contribution is -2.32. The van der Waals surface area contributed by atoms with Crippen LogP contribution in [0.1, 0.15) is 56.2 Å². The molecule has 0 radical (unpaired) electrons. The third-order valence-corrected chi connectivity index (χ3v) is 6.18. The topological polar surface area (TPSA) is 23.0 Å². The van der Waals surface area contributed by atoms with Crippen LogP contribution in [0.25, 0.3) is 17.2 Å². The zero-order valence-corrected chi connectivity index (χ0v) is 20.3. The quantitative estimate of drug-likeness (QED) is 0.315. The molecule has 0 N–H and O–H groups in total. The third kappa shape index (κ3) is 3.86. The van der Waals surface area contributed by atoms with Crippen molar-refractivity contribution in [2.45, 2.75) is 46.5 Å². The predicted octanol–water partition coefficient (Wildman–Crippen LogP) is 6.65. The summed E-state index contributed by atoms with van der Waals surface area (Å²) in [6.45, 7) is 11.1. The van der Waals surface area contributed by atoms with Gasteiger partial charge in [-0.15, -0.1) is 0 Å². The molecule has 0 unspecified atom stereocenters. The molecule has 32 heavy (non-hydrogen) atoms. The Morgan fingerprint density at radius 1 is 0.844 bits per heavy atom. The summed E-state index contributed by atoms with van der Waals surface area (Å²) < 4.78 is 13.1. The molecule has 0 spiro atoms. The number of nitrogens with zero attached hydrogens (tertiary/aromatic N) is 3. The van der Waals surface area contributed by atoms with Crippen molar-refractivity contribution in [2.75, 3.05) is 0 Å². The second kappa shape index (κ2) is 8.70. The van der Waals surface area contributed by atoms with Crippen LogP contribution < -0.4 is 9.30 Å². The molecule has 0 aliphatic rings. The zero-order valence-electron chi connectivity index (χ0n) is 20.3. The number of aromatic nitrogens is 3. The van der Waals surface area contributed by atoms with E-state index in [1.165, 1.54) is 16.8 Å². The molecule has 4 heteroatoms. The molecule has 0 amide bonds. The molecule has 0 bridgehead atoms. The van der Waals surface area contributed by atoms with E-state index in [1.807, 2.05) is 18.2 Å². The SMILES string of the molecule is Cc1ccccc1Oc1cn(-c2c(C(C)C)cccc2C(C)C)c(-c2cccn2C)[n+]1C. The van der Waals surface area contributed by atoms with Crippen LogP contribution in [0.3, 0.4) is 0 Å². The van der Waals surface area contributed by atoms with Gasteiger partial charge in [0.25, 0.3) is 0 Å². The lowest BCUT2D eigenvalue weighted by molar-refractivity contribution is -0.664. The van der Waals surface area contributed by atoms with Crippen molar-refractivity contribution in [3.8, 4) is 28.8 Å². The molecule has 2 heterocycles. The van der Waals surface area contributed by atoms with Crippen LogP contribution in [0.4, 0.5) is 0 Å². The normalized spacial score (nSPS) is 11.5. The van der Waals surface area contributed by atoms with Crippen molar-refractivity contribution in [2.24, 2.45) is 14.1 Å². The molecule has 2 aromatic carbocycles. The molecule has 4 aromatic rings. The van der Waals surface area contributed by atoms with Crippen LogP contribution in [0.5, 0.6) is 11.6 Å². The molecule has 4 rings (SSSR count). The average Bonchev–Trinajstić information content (AvgIpc) is 3.31. The lowest BCUT2D eigenvalue weighted by Gasteiger charge is -2.17. The van der Waals surface area contributed by atoms with Crippen LogP contribution in [0.15, 0.2) is 67.0 Å². The van der Waals surface area contributed by atoms with Gasteiger partial charge in [-0.05, 0) is 42.5 Å². The number of imidazole rings is 1. The Hall–Kier alpha value is -3.27. The van der Waals surface area contributed by atoms with Crippen LogP contribution >= 0.6 is 0 Å². The fourth-order valence-corrected chi connectivity index (χ4v) is 4.35. The summed E-state index contributed by atoms with van der Waals surface area (Å²) in [5, 5.41) is 0. The Kier molecular flexibility index (Phi) is 5.96. The van der Waals surface area contributed by atoms with E-state index in [0.717, 1.165) is 28.7 Å². The van der Waals surface area contributed by atoms with Crippen molar-refractivity contribution in [1.29, 1.82) is 0 Å². The van der Waals surface area contributed by atoms with Gasteiger partial charge in [-0.25, -0.2) is 0 Å². The summed E-state index contributed by atoms with van der Waals surface area (Å²) in [5.74, 6) is 3.58. The number of benzene rings is 2. The highest BCUT2D eigenvalue weighted by molar-refractivity contribution is 5.59. The van der Waals surface area contributed by atoms with E-state index in [4.69, 9.17) is 4.74 Å². The molecule has 0 fully saturated rings. The van der Waals surface area contributed by atoms with Crippen molar-refractivity contribution in [3.05, 3.63) is 83.7 Å². The summed E-state index contributed by atoms with van der Waals surface area (Å²) in [6, 6.07) is 19.1. The molecular formula is C28H34N3O+. The predicted molar refractivity (Wildman–Crippen MR) is 131 cm³/mol. The largest absolute Gasteiger partial charge is 0.420 e. The van der Waals surface area contributed by atoms with Gasteiger partial charge in [-0.2, -0.15) is 9.13 Å². The first-order valence-corrected chi connectivity index (χ1v) is 11.4.